The Kier molecular flexibility index (Phi) is 6.55. The summed E-state index contributed by atoms with van der Waals surface area (Å²) in [5.74, 6) is 0.962. The molecule has 0 N–H and O–H groups in total. The lowest BCUT2D eigenvalue weighted by molar-refractivity contribution is -0.658. The van der Waals surface area contributed by atoms with Crippen LogP contribution in [0, 0.1) is 0 Å². The van der Waals surface area contributed by atoms with E-state index in [-0.39, 0.29) is 12.1 Å². The lowest BCUT2D eigenvalue weighted by Gasteiger charge is -2.20. The van der Waals surface area contributed by atoms with Crippen LogP contribution in [0.5, 0.6) is 5.75 Å². The van der Waals surface area contributed by atoms with Gasteiger partial charge in [0.25, 0.3) is 0 Å². The van der Waals surface area contributed by atoms with Crippen molar-refractivity contribution in [2.24, 2.45) is 0 Å². The molecule has 2 heterocycles. The van der Waals surface area contributed by atoms with Crippen molar-refractivity contribution < 1.29 is 9.30 Å². The number of methoxy groups -OCH3 is 1. The van der Waals surface area contributed by atoms with E-state index in [0.717, 1.165) is 44.2 Å². The average molecular weight is 566 g/mol. The SMILES string of the molecule is CC[n+]1c2c(=O)n(Cc3ccccc3)c(=O)nc-2n(-c2cccc3cccc(-c4ccccc4)c23)c2cc(OC)ccc21. The van der Waals surface area contributed by atoms with Crippen LogP contribution >= 0.6 is 0 Å². The summed E-state index contributed by atoms with van der Waals surface area (Å²) >= 11 is 0. The van der Waals surface area contributed by atoms with Crippen molar-refractivity contribution in [3.05, 3.63) is 142 Å². The van der Waals surface area contributed by atoms with Crippen molar-refractivity contribution in [3.8, 4) is 34.1 Å². The standard InChI is InChI=1S/C36H29N4O3/c1-3-38-29-21-20-27(43-2)22-31(29)40(34-33(38)35(41)39(36(42)37-34)23-24-12-6-4-7-13-24)30-19-11-17-26-16-10-18-28(32(26)30)25-14-8-5-9-15-25/h4-22H,3,23H2,1-2H3/q+1. The van der Waals surface area contributed by atoms with Crippen molar-refractivity contribution in [3.63, 3.8) is 0 Å². The zero-order valence-corrected chi connectivity index (χ0v) is 23.9. The van der Waals surface area contributed by atoms with Crippen LogP contribution in [0.4, 0.5) is 0 Å². The second-order valence-electron chi connectivity index (χ2n) is 10.4. The van der Waals surface area contributed by atoms with Gasteiger partial charge in [0.05, 0.1) is 19.3 Å². The smallest absolute Gasteiger partial charge is 0.353 e. The fraction of sp³-hybridized carbons (Fsp3) is 0.111. The molecule has 0 spiro atoms. The summed E-state index contributed by atoms with van der Waals surface area (Å²) < 4.78 is 10.8. The summed E-state index contributed by atoms with van der Waals surface area (Å²) in [6.45, 7) is 2.63. The van der Waals surface area contributed by atoms with Gasteiger partial charge in [0, 0.05) is 17.5 Å². The molecule has 0 aromatic heterocycles. The quantitative estimate of drug-likeness (QED) is 0.188. The summed E-state index contributed by atoms with van der Waals surface area (Å²) in [6, 6.07) is 37.8. The summed E-state index contributed by atoms with van der Waals surface area (Å²) in [7, 11) is 1.63. The summed E-state index contributed by atoms with van der Waals surface area (Å²) in [5, 5.41) is 2.02. The Morgan fingerprint density at radius 1 is 0.814 bits per heavy atom. The van der Waals surface area contributed by atoms with E-state index >= 15 is 0 Å². The second-order valence-corrected chi connectivity index (χ2v) is 10.4. The van der Waals surface area contributed by atoms with Crippen LogP contribution in [-0.4, -0.2) is 21.2 Å². The van der Waals surface area contributed by atoms with Gasteiger partial charge in [0.1, 0.15) is 17.8 Å². The number of aromatic nitrogens is 4. The van der Waals surface area contributed by atoms with E-state index in [0.29, 0.717) is 23.8 Å². The van der Waals surface area contributed by atoms with Crippen LogP contribution in [0.1, 0.15) is 12.5 Å². The Hall–Kier alpha value is -5.56. The van der Waals surface area contributed by atoms with Crippen LogP contribution in [-0.2, 0) is 13.1 Å². The molecule has 5 aromatic carbocycles. The van der Waals surface area contributed by atoms with Crippen molar-refractivity contribution >= 4 is 21.8 Å². The monoisotopic (exact) mass is 565 g/mol. The molecule has 0 saturated heterocycles. The number of fused-ring (bicyclic) bond motifs is 3. The number of ether oxygens (including phenoxy) is 1. The number of benzene rings is 5. The molecule has 210 valence electrons. The molecule has 0 amide bonds. The number of hydrogen-bond donors (Lipinski definition) is 0. The van der Waals surface area contributed by atoms with Crippen LogP contribution < -0.4 is 20.6 Å². The topological polar surface area (TPSA) is 70.0 Å². The van der Waals surface area contributed by atoms with Gasteiger partial charge in [-0.3, -0.25) is 9.36 Å². The molecule has 0 aliphatic carbocycles. The van der Waals surface area contributed by atoms with Crippen LogP contribution in [0.3, 0.4) is 0 Å². The van der Waals surface area contributed by atoms with Crippen LogP contribution in [0.25, 0.3) is 50.1 Å². The first kappa shape index (κ1) is 26.3. The number of rotatable bonds is 6. The highest BCUT2D eigenvalue weighted by molar-refractivity contribution is 6.03. The summed E-state index contributed by atoms with van der Waals surface area (Å²) in [6.07, 6.45) is 0. The average Bonchev–Trinajstić information content (AvgIpc) is 3.06. The predicted molar refractivity (Wildman–Crippen MR) is 169 cm³/mol. The van der Waals surface area contributed by atoms with E-state index in [1.54, 1.807) is 7.11 Å². The molecule has 0 unspecified atom stereocenters. The van der Waals surface area contributed by atoms with E-state index in [2.05, 4.69) is 35.3 Å². The fourth-order valence-electron chi connectivity index (χ4n) is 6.02. The molecular weight excluding hydrogens is 536 g/mol. The largest absolute Gasteiger partial charge is 0.497 e. The molecule has 0 radical (unpaired) electrons. The first-order valence-corrected chi connectivity index (χ1v) is 14.3. The molecule has 0 atom stereocenters. The van der Waals surface area contributed by atoms with Gasteiger partial charge in [-0.25, -0.2) is 9.36 Å². The van der Waals surface area contributed by atoms with Crippen molar-refractivity contribution in [2.45, 2.75) is 20.0 Å². The first-order valence-electron chi connectivity index (χ1n) is 14.3. The minimum absolute atomic E-state index is 0.137. The Morgan fingerprint density at radius 3 is 2.26 bits per heavy atom. The van der Waals surface area contributed by atoms with E-state index in [9.17, 15) is 9.59 Å². The predicted octanol–water partition coefficient (Wildman–Crippen LogP) is 5.84. The van der Waals surface area contributed by atoms with Gasteiger partial charge in [-0.2, -0.15) is 9.55 Å². The maximum absolute atomic E-state index is 14.3. The molecule has 5 aromatic rings. The van der Waals surface area contributed by atoms with Crippen molar-refractivity contribution in [2.75, 3.05) is 7.11 Å². The Balaban J connectivity index is 1.65. The Morgan fingerprint density at radius 2 is 1.53 bits per heavy atom. The maximum atomic E-state index is 14.3. The maximum Gasteiger partial charge on any atom is 0.353 e. The molecule has 0 fully saturated rings. The van der Waals surface area contributed by atoms with Crippen LogP contribution in [0.2, 0.25) is 0 Å². The molecule has 2 aliphatic rings. The third-order valence-corrected chi connectivity index (χ3v) is 8.00. The van der Waals surface area contributed by atoms with Crippen LogP contribution in [0.15, 0.2) is 125 Å². The highest BCUT2D eigenvalue weighted by atomic mass is 16.5. The third kappa shape index (κ3) is 4.37. The first-order chi connectivity index (χ1) is 21.1. The lowest BCUT2D eigenvalue weighted by Crippen LogP contribution is -2.49. The van der Waals surface area contributed by atoms with Crippen molar-refractivity contribution in [1.82, 2.24) is 14.1 Å². The van der Waals surface area contributed by atoms with E-state index in [4.69, 9.17) is 4.74 Å². The highest BCUT2D eigenvalue weighted by Crippen LogP contribution is 2.36. The fourth-order valence-corrected chi connectivity index (χ4v) is 6.02. The number of aryl methyl sites for hydroxylation is 1. The van der Waals surface area contributed by atoms with E-state index in [1.807, 2.05) is 101 Å². The zero-order valence-electron chi connectivity index (χ0n) is 23.9. The molecule has 0 bridgehead atoms. The summed E-state index contributed by atoms with van der Waals surface area (Å²) in [5.41, 5.74) is 4.77. The summed E-state index contributed by atoms with van der Waals surface area (Å²) in [4.78, 5) is 32.6. The second kappa shape index (κ2) is 10.7. The molecule has 7 rings (SSSR count). The third-order valence-electron chi connectivity index (χ3n) is 8.00. The molecular formula is C36H29N4O3+. The molecule has 7 nitrogen and oxygen atoms in total. The Bertz CT molecular complexity index is 2220. The van der Waals surface area contributed by atoms with Gasteiger partial charge >= 0.3 is 16.9 Å². The van der Waals surface area contributed by atoms with Crippen molar-refractivity contribution in [1.29, 1.82) is 0 Å². The van der Waals surface area contributed by atoms with Gasteiger partial charge in [-0.15, -0.1) is 0 Å². The Labute approximate surface area is 247 Å². The zero-order chi connectivity index (χ0) is 29.5. The minimum Gasteiger partial charge on any atom is -0.497 e. The highest BCUT2D eigenvalue weighted by Gasteiger charge is 2.33. The van der Waals surface area contributed by atoms with Gasteiger partial charge in [0.15, 0.2) is 0 Å². The number of hydrogen-bond acceptors (Lipinski definition) is 4. The van der Waals surface area contributed by atoms with Gasteiger partial charge < -0.3 is 4.74 Å². The van der Waals surface area contributed by atoms with Gasteiger partial charge in [0.2, 0.25) is 11.3 Å². The van der Waals surface area contributed by atoms with E-state index < -0.39 is 5.69 Å². The lowest BCUT2D eigenvalue weighted by atomic mass is 9.96. The molecule has 2 aliphatic heterocycles. The molecule has 0 saturated carbocycles. The minimum atomic E-state index is -0.594. The molecule has 43 heavy (non-hydrogen) atoms. The van der Waals surface area contributed by atoms with Gasteiger partial charge in [-0.1, -0.05) is 91.0 Å². The van der Waals surface area contributed by atoms with Gasteiger partial charge in [-0.05, 0) is 41.1 Å². The number of nitrogens with zero attached hydrogens (tertiary/aromatic N) is 4. The normalized spacial score (nSPS) is 11.4. The molecule has 7 heteroatoms. The van der Waals surface area contributed by atoms with E-state index in [1.165, 1.54) is 4.57 Å².